The van der Waals surface area contributed by atoms with Crippen LogP contribution < -0.4 is 16.0 Å². The van der Waals surface area contributed by atoms with Gasteiger partial charge >= 0.3 is 0 Å². The molecule has 0 aliphatic carbocycles. The van der Waals surface area contributed by atoms with Crippen molar-refractivity contribution < 1.29 is 14.3 Å². The number of hydrogen-bond acceptors (Lipinski definition) is 4. The molecule has 1 amide bonds. The molecule has 5 heteroatoms. The van der Waals surface area contributed by atoms with Gasteiger partial charge in [0.1, 0.15) is 12.4 Å². The van der Waals surface area contributed by atoms with Crippen molar-refractivity contribution in [1.29, 1.82) is 0 Å². The lowest BCUT2D eigenvalue weighted by atomic mass is 10.2. The summed E-state index contributed by atoms with van der Waals surface area (Å²) < 4.78 is 10.6. The highest BCUT2D eigenvalue weighted by Crippen LogP contribution is 2.17. The van der Waals surface area contributed by atoms with Crippen molar-refractivity contribution in [3.05, 3.63) is 29.8 Å². The van der Waals surface area contributed by atoms with Gasteiger partial charge in [0.25, 0.3) is 5.91 Å². The number of carbonyl (C=O) groups excluding carboxylic acids is 1. The molecule has 5 nitrogen and oxygen atoms in total. The van der Waals surface area contributed by atoms with Gasteiger partial charge in [-0.25, -0.2) is 5.84 Å². The normalized spacial score (nSPS) is 9.88. The third-order valence-corrected chi connectivity index (χ3v) is 1.95. The molecule has 0 heterocycles. The van der Waals surface area contributed by atoms with E-state index in [0.29, 0.717) is 31.1 Å². The van der Waals surface area contributed by atoms with Gasteiger partial charge < -0.3 is 9.47 Å². The van der Waals surface area contributed by atoms with E-state index >= 15 is 0 Å². The number of nitrogens with one attached hydrogen (secondary N) is 1. The SMILES string of the molecule is CCOCCOc1ccccc1C(=O)NN. The van der Waals surface area contributed by atoms with Gasteiger partial charge in [0.15, 0.2) is 0 Å². The lowest BCUT2D eigenvalue weighted by molar-refractivity contribution is 0.0936. The maximum Gasteiger partial charge on any atom is 0.268 e. The molecule has 0 saturated heterocycles. The molecule has 88 valence electrons. The van der Waals surface area contributed by atoms with E-state index in [4.69, 9.17) is 15.3 Å². The van der Waals surface area contributed by atoms with E-state index in [9.17, 15) is 4.79 Å². The first-order chi connectivity index (χ1) is 7.79. The second-order valence-electron chi connectivity index (χ2n) is 3.02. The molecule has 1 aromatic carbocycles. The van der Waals surface area contributed by atoms with Gasteiger partial charge in [-0.3, -0.25) is 10.2 Å². The molecule has 0 saturated carbocycles. The molecule has 16 heavy (non-hydrogen) atoms. The van der Waals surface area contributed by atoms with Crippen LogP contribution in [0.4, 0.5) is 0 Å². The van der Waals surface area contributed by atoms with Crippen LogP contribution >= 0.6 is 0 Å². The third-order valence-electron chi connectivity index (χ3n) is 1.95. The summed E-state index contributed by atoms with van der Waals surface area (Å²) >= 11 is 0. The lowest BCUT2D eigenvalue weighted by Gasteiger charge is -2.10. The zero-order chi connectivity index (χ0) is 11.8. The van der Waals surface area contributed by atoms with Crippen molar-refractivity contribution in [2.24, 2.45) is 5.84 Å². The highest BCUT2D eigenvalue weighted by molar-refractivity contribution is 5.96. The van der Waals surface area contributed by atoms with Gasteiger partial charge in [-0.15, -0.1) is 0 Å². The van der Waals surface area contributed by atoms with Gasteiger partial charge in [0, 0.05) is 6.61 Å². The van der Waals surface area contributed by atoms with Crippen molar-refractivity contribution in [3.8, 4) is 5.75 Å². The summed E-state index contributed by atoms with van der Waals surface area (Å²) in [4.78, 5) is 11.4. The molecule has 0 atom stereocenters. The number of nitrogens with two attached hydrogens (primary N) is 1. The quantitative estimate of drug-likeness (QED) is 0.323. The summed E-state index contributed by atoms with van der Waals surface area (Å²) in [5, 5.41) is 0. The van der Waals surface area contributed by atoms with Crippen molar-refractivity contribution in [1.82, 2.24) is 5.43 Å². The number of nitrogen functional groups attached to an aromatic ring is 1. The predicted octanol–water partition coefficient (Wildman–Crippen LogP) is 0.705. The Kier molecular flexibility index (Phi) is 5.31. The van der Waals surface area contributed by atoms with Crippen LogP contribution in [0.1, 0.15) is 17.3 Å². The van der Waals surface area contributed by atoms with E-state index in [-0.39, 0.29) is 5.91 Å². The summed E-state index contributed by atoms with van der Waals surface area (Å²) in [6, 6.07) is 6.91. The number of benzene rings is 1. The van der Waals surface area contributed by atoms with Crippen molar-refractivity contribution in [2.45, 2.75) is 6.92 Å². The summed E-state index contributed by atoms with van der Waals surface area (Å²) in [6.45, 7) is 3.46. The van der Waals surface area contributed by atoms with Gasteiger partial charge in [-0.05, 0) is 19.1 Å². The molecular formula is C11H16N2O3. The summed E-state index contributed by atoms with van der Waals surface area (Å²) in [5.41, 5.74) is 2.49. The number of amides is 1. The summed E-state index contributed by atoms with van der Waals surface area (Å²) in [7, 11) is 0. The van der Waals surface area contributed by atoms with Crippen LogP contribution in [0, 0.1) is 0 Å². The Labute approximate surface area is 94.5 Å². The Morgan fingerprint density at radius 2 is 2.12 bits per heavy atom. The zero-order valence-electron chi connectivity index (χ0n) is 9.23. The van der Waals surface area contributed by atoms with Crippen molar-refractivity contribution in [2.75, 3.05) is 19.8 Å². The second-order valence-corrected chi connectivity index (χ2v) is 3.02. The van der Waals surface area contributed by atoms with Crippen LogP contribution in [-0.2, 0) is 4.74 Å². The molecule has 0 fully saturated rings. The topological polar surface area (TPSA) is 73.6 Å². The lowest BCUT2D eigenvalue weighted by Crippen LogP contribution is -2.30. The van der Waals surface area contributed by atoms with E-state index in [0.717, 1.165) is 0 Å². The monoisotopic (exact) mass is 224 g/mol. The van der Waals surface area contributed by atoms with Crippen molar-refractivity contribution >= 4 is 5.91 Å². The molecule has 0 bridgehead atoms. The van der Waals surface area contributed by atoms with Gasteiger partial charge in [0.2, 0.25) is 0 Å². The first kappa shape index (κ1) is 12.5. The van der Waals surface area contributed by atoms with E-state index < -0.39 is 0 Å². The number of rotatable bonds is 6. The van der Waals surface area contributed by atoms with Crippen LogP contribution in [0.25, 0.3) is 0 Å². The molecule has 1 aromatic rings. The number of ether oxygens (including phenoxy) is 2. The number of para-hydroxylation sites is 1. The minimum Gasteiger partial charge on any atom is -0.490 e. The van der Waals surface area contributed by atoms with Crippen LogP contribution in [0.15, 0.2) is 24.3 Å². The largest absolute Gasteiger partial charge is 0.490 e. The molecule has 0 unspecified atom stereocenters. The fourth-order valence-corrected chi connectivity index (χ4v) is 1.21. The average molecular weight is 224 g/mol. The van der Waals surface area contributed by atoms with Gasteiger partial charge in [-0.2, -0.15) is 0 Å². The minimum absolute atomic E-state index is 0.369. The highest BCUT2D eigenvalue weighted by Gasteiger charge is 2.09. The first-order valence-electron chi connectivity index (χ1n) is 5.10. The van der Waals surface area contributed by atoms with E-state index in [1.54, 1.807) is 24.3 Å². The summed E-state index contributed by atoms with van der Waals surface area (Å²) in [6.07, 6.45) is 0. The minimum atomic E-state index is -0.369. The van der Waals surface area contributed by atoms with Crippen LogP contribution in [0.2, 0.25) is 0 Å². The maximum absolute atomic E-state index is 11.4. The maximum atomic E-state index is 11.4. The Bertz CT molecular complexity index is 342. The molecule has 0 aromatic heterocycles. The van der Waals surface area contributed by atoms with Crippen molar-refractivity contribution in [3.63, 3.8) is 0 Å². The second kappa shape index (κ2) is 6.81. The fourth-order valence-electron chi connectivity index (χ4n) is 1.21. The van der Waals surface area contributed by atoms with Crippen LogP contribution in [-0.4, -0.2) is 25.7 Å². The molecule has 0 aliphatic heterocycles. The predicted molar refractivity (Wildman–Crippen MR) is 60.1 cm³/mol. The zero-order valence-corrected chi connectivity index (χ0v) is 9.23. The smallest absolute Gasteiger partial charge is 0.268 e. The van der Waals surface area contributed by atoms with Crippen LogP contribution in [0.5, 0.6) is 5.75 Å². The molecule has 1 rings (SSSR count). The Balaban J connectivity index is 2.60. The molecule has 3 N–H and O–H groups in total. The summed E-state index contributed by atoms with van der Waals surface area (Å²) in [5.74, 6) is 5.21. The Hall–Kier alpha value is -1.59. The number of hydrazine groups is 1. The Morgan fingerprint density at radius 1 is 1.38 bits per heavy atom. The number of hydrogen-bond donors (Lipinski definition) is 2. The average Bonchev–Trinajstić information content (AvgIpc) is 2.34. The van der Waals surface area contributed by atoms with Gasteiger partial charge in [-0.1, -0.05) is 12.1 Å². The standard InChI is InChI=1S/C11H16N2O3/c1-2-15-7-8-16-10-6-4-3-5-9(10)11(14)13-12/h3-6H,2,7-8,12H2,1H3,(H,13,14). The third kappa shape index (κ3) is 3.52. The molecule has 0 spiro atoms. The number of carbonyl (C=O) groups is 1. The molecule has 0 aliphatic rings. The van der Waals surface area contributed by atoms with Crippen LogP contribution in [0.3, 0.4) is 0 Å². The first-order valence-corrected chi connectivity index (χ1v) is 5.10. The highest BCUT2D eigenvalue weighted by atomic mass is 16.5. The van der Waals surface area contributed by atoms with E-state index in [1.165, 1.54) is 0 Å². The fraction of sp³-hybridized carbons (Fsp3) is 0.364. The molecular weight excluding hydrogens is 208 g/mol. The van der Waals surface area contributed by atoms with E-state index in [1.807, 2.05) is 6.92 Å². The van der Waals surface area contributed by atoms with Gasteiger partial charge in [0.05, 0.1) is 12.2 Å². The van der Waals surface area contributed by atoms with E-state index in [2.05, 4.69) is 5.43 Å². The Morgan fingerprint density at radius 3 is 2.81 bits per heavy atom. The molecule has 0 radical (unpaired) electrons.